The summed E-state index contributed by atoms with van der Waals surface area (Å²) in [6.45, 7) is 9.95. The molecule has 0 radical (unpaired) electrons. The van der Waals surface area contributed by atoms with Gasteiger partial charge in [0.15, 0.2) is 5.82 Å². The lowest BCUT2D eigenvalue weighted by atomic mass is 10.1. The summed E-state index contributed by atoms with van der Waals surface area (Å²) in [6, 6.07) is 9.89. The summed E-state index contributed by atoms with van der Waals surface area (Å²) in [5, 5.41) is 3.67. The monoisotopic (exact) mass is 612 g/mol. The van der Waals surface area contributed by atoms with Gasteiger partial charge in [-0.2, -0.15) is 5.09 Å². The van der Waals surface area contributed by atoms with Crippen LogP contribution in [0.4, 0.5) is 5.82 Å². The first-order chi connectivity index (χ1) is 20.7. The molecule has 232 valence electrons. The van der Waals surface area contributed by atoms with Crippen molar-refractivity contribution in [1.82, 2.24) is 24.6 Å². The molecule has 0 saturated heterocycles. The number of nitrogens with zero attached hydrogens (tertiary/aromatic N) is 4. The number of nitrogen functional groups attached to an aromatic ring is 1. The number of nitrogens with two attached hydrogens (primary N) is 1. The molecule has 0 fully saturated rings. The van der Waals surface area contributed by atoms with Crippen molar-refractivity contribution in [2.75, 3.05) is 18.9 Å². The summed E-state index contributed by atoms with van der Waals surface area (Å²) in [7, 11) is -4.03. The summed E-state index contributed by atoms with van der Waals surface area (Å²) >= 11 is 0. The number of aromatic nitrogens is 4. The molecule has 4 rings (SSSR count). The van der Waals surface area contributed by atoms with Crippen molar-refractivity contribution >= 4 is 41.5 Å². The number of fused-ring (bicyclic) bond motifs is 3. The van der Waals surface area contributed by atoms with Gasteiger partial charge in [-0.25, -0.2) is 14.5 Å². The van der Waals surface area contributed by atoms with Gasteiger partial charge in [-0.1, -0.05) is 31.5 Å². The van der Waals surface area contributed by atoms with Gasteiger partial charge in [0.1, 0.15) is 29.7 Å². The summed E-state index contributed by atoms with van der Waals surface area (Å²) in [4.78, 5) is 25.9. The zero-order chi connectivity index (χ0) is 31.0. The lowest BCUT2D eigenvalue weighted by Crippen LogP contribution is -2.36. The Morgan fingerprint density at radius 3 is 2.51 bits per heavy atom. The summed E-state index contributed by atoms with van der Waals surface area (Å²) in [5.74, 6) is 0.789. The standard InChI is InChI=1S/C30H41N6O6P/c1-6-10-22(36-26(19-39-7-2)34-27-28(36)24-11-8-9-12-25(24)33-29(27)31)15-18-40-43(38,42-23-13-16-32-17-14-23)35-21(5)30(37)41-20(3)4/h8-9,11-14,16-17,20-22H,6-7,10,15,18-19H2,1-5H3,(H2,31,33)(H,35,38)/t21-,22-,43+/m0/s1. The van der Waals surface area contributed by atoms with Crippen molar-refractivity contribution in [3.63, 3.8) is 0 Å². The van der Waals surface area contributed by atoms with Crippen molar-refractivity contribution in [3.8, 4) is 5.75 Å². The van der Waals surface area contributed by atoms with Crippen LogP contribution in [0, 0.1) is 0 Å². The Morgan fingerprint density at radius 1 is 1.07 bits per heavy atom. The zero-order valence-corrected chi connectivity index (χ0v) is 26.3. The first-order valence-electron chi connectivity index (χ1n) is 14.6. The highest BCUT2D eigenvalue weighted by molar-refractivity contribution is 7.52. The van der Waals surface area contributed by atoms with Crippen LogP contribution < -0.4 is 15.3 Å². The maximum absolute atomic E-state index is 14.0. The minimum atomic E-state index is -4.03. The highest BCUT2D eigenvalue weighted by Gasteiger charge is 2.33. The molecule has 0 spiro atoms. The van der Waals surface area contributed by atoms with Crippen LogP contribution in [0.2, 0.25) is 0 Å². The van der Waals surface area contributed by atoms with E-state index in [2.05, 4.69) is 26.5 Å². The molecular formula is C30H41N6O6P. The van der Waals surface area contributed by atoms with Crippen molar-refractivity contribution in [3.05, 3.63) is 54.6 Å². The number of imidazole rings is 1. The summed E-state index contributed by atoms with van der Waals surface area (Å²) in [6.07, 6.45) is 4.82. The molecule has 0 aliphatic carbocycles. The number of esters is 1. The highest BCUT2D eigenvalue weighted by atomic mass is 31.2. The van der Waals surface area contributed by atoms with Gasteiger partial charge in [0.2, 0.25) is 0 Å². The fourth-order valence-corrected chi connectivity index (χ4v) is 6.36. The SMILES string of the molecule is CCC[C@@H](CCO[P@](=O)(N[C@@H](C)C(=O)OC(C)C)Oc1ccncc1)n1c(COCC)nc2c(N)nc3ccccc3c21. The van der Waals surface area contributed by atoms with E-state index in [1.165, 1.54) is 12.4 Å². The van der Waals surface area contributed by atoms with E-state index in [9.17, 15) is 9.36 Å². The lowest BCUT2D eigenvalue weighted by molar-refractivity contribution is -0.149. The second kappa shape index (κ2) is 14.7. The molecule has 3 atom stereocenters. The third-order valence-electron chi connectivity index (χ3n) is 6.69. The number of hydrogen-bond acceptors (Lipinski definition) is 10. The molecular weight excluding hydrogens is 571 g/mol. The quantitative estimate of drug-likeness (QED) is 0.114. The molecule has 12 nitrogen and oxygen atoms in total. The number of carbonyl (C=O) groups excluding carboxylic acids is 1. The van der Waals surface area contributed by atoms with E-state index in [4.69, 9.17) is 29.2 Å². The maximum Gasteiger partial charge on any atom is 0.459 e. The number of ether oxygens (including phenoxy) is 2. The van der Waals surface area contributed by atoms with E-state index in [-0.39, 0.29) is 24.5 Å². The Hall–Kier alpha value is -3.57. The molecule has 3 N–H and O–H groups in total. The summed E-state index contributed by atoms with van der Waals surface area (Å²) in [5.41, 5.74) is 8.63. The second-order valence-electron chi connectivity index (χ2n) is 10.4. The fraction of sp³-hybridized carbons (Fsp3) is 0.467. The Balaban J connectivity index is 1.65. The molecule has 3 heterocycles. The van der Waals surface area contributed by atoms with Gasteiger partial charge in [-0.15, -0.1) is 0 Å². The first kappa shape index (κ1) is 32.3. The van der Waals surface area contributed by atoms with Crippen LogP contribution in [0.3, 0.4) is 0 Å². The average molecular weight is 613 g/mol. The smallest absolute Gasteiger partial charge is 0.459 e. The molecule has 0 aliphatic heterocycles. The van der Waals surface area contributed by atoms with Gasteiger partial charge in [0, 0.05) is 30.4 Å². The van der Waals surface area contributed by atoms with Gasteiger partial charge >= 0.3 is 13.7 Å². The van der Waals surface area contributed by atoms with E-state index >= 15 is 0 Å². The molecule has 0 saturated carbocycles. The number of hydrogen-bond donors (Lipinski definition) is 2. The van der Waals surface area contributed by atoms with Crippen LogP contribution in [0.5, 0.6) is 5.75 Å². The van der Waals surface area contributed by atoms with Gasteiger partial charge in [-0.05, 0) is 58.7 Å². The zero-order valence-electron chi connectivity index (χ0n) is 25.4. The Bertz CT molecular complexity index is 1560. The minimum Gasteiger partial charge on any atom is -0.462 e. The number of para-hydroxylation sites is 1. The largest absolute Gasteiger partial charge is 0.462 e. The summed E-state index contributed by atoms with van der Waals surface area (Å²) < 4.78 is 39.0. The minimum absolute atomic E-state index is 0.0538. The molecule has 1 aromatic carbocycles. The number of anilines is 1. The van der Waals surface area contributed by atoms with Crippen LogP contribution in [0.25, 0.3) is 21.9 Å². The fourth-order valence-electron chi connectivity index (χ4n) is 4.85. The van der Waals surface area contributed by atoms with E-state index in [0.29, 0.717) is 31.0 Å². The van der Waals surface area contributed by atoms with E-state index in [1.54, 1.807) is 32.9 Å². The first-order valence-corrected chi connectivity index (χ1v) is 16.1. The normalized spacial score (nSPS) is 14.6. The number of nitrogens with one attached hydrogen (secondary N) is 1. The molecule has 4 aromatic rings. The molecule has 3 aromatic heterocycles. The van der Waals surface area contributed by atoms with Crippen LogP contribution in [0.15, 0.2) is 48.8 Å². The maximum atomic E-state index is 14.0. The topological polar surface area (TPSA) is 153 Å². The predicted octanol–water partition coefficient (Wildman–Crippen LogP) is 5.96. The number of carbonyl (C=O) groups is 1. The van der Waals surface area contributed by atoms with Gasteiger partial charge < -0.3 is 24.3 Å². The van der Waals surface area contributed by atoms with Gasteiger partial charge in [-0.3, -0.25) is 14.3 Å². The third-order valence-corrected chi connectivity index (χ3v) is 8.37. The average Bonchev–Trinajstić information content (AvgIpc) is 3.36. The number of pyridine rings is 2. The number of benzene rings is 1. The molecule has 43 heavy (non-hydrogen) atoms. The van der Waals surface area contributed by atoms with Crippen LogP contribution in [-0.2, 0) is 30.0 Å². The predicted molar refractivity (Wildman–Crippen MR) is 166 cm³/mol. The van der Waals surface area contributed by atoms with Crippen LogP contribution in [-0.4, -0.2) is 50.8 Å². The Kier molecular flexibility index (Phi) is 11.1. The molecule has 0 unspecified atom stereocenters. The number of rotatable bonds is 16. The van der Waals surface area contributed by atoms with Crippen molar-refractivity contribution in [2.24, 2.45) is 0 Å². The van der Waals surface area contributed by atoms with Gasteiger partial charge in [0.25, 0.3) is 0 Å². The van der Waals surface area contributed by atoms with E-state index in [1.807, 2.05) is 31.2 Å². The van der Waals surface area contributed by atoms with Crippen molar-refractivity contribution in [2.45, 2.75) is 78.7 Å². The second-order valence-corrected chi connectivity index (χ2v) is 12.1. The van der Waals surface area contributed by atoms with Crippen LogP contribution in [0.1, 0.15) is 65.7 Å². The lowest BCUT2D eigenvalue weighted by Gasteiger charge is -2.25. The van der Waals surface area contributed by atoms with Crippen molar-refractivity contribution < 1.29 is 27.9 Å². The van der Waals surface area contributed by atoms with Crippen molar-refractivity contribution in [1.29, 1.82) is 0 Å². The molecule has 0 aliphatic rings. The Labute approximate surface area is 251 Å². The molecule has 0 bridgehead atoms. The van der Waals surface area contributed by atoms with E-state index in [0.717, 1.165) is 35.1 Å². The highest BCUT2D eigenvalue weighted by Crippen LogP contribution is 2.45. The van der Waals surface area contributed by atoms with Crippen LogP contribution >= 0.6 is 7.75 Å². The van der Waals surface area contributed by atoms with E-state index < -0.39 is 19.8 Å². The third kappa shape index (κ3) is 8.08. The molecule has 13 heteroatoms. The molecule has 0 amide bonds. The Morgan fingerprint density at radius 2 is 1.81 bits per heavy atom. The van der Waals surface area contributed by atoms with Gasteiger partial charge in [0.05, 0.1) is 23.7 Å².